The van der Waals surface area contributed by atoms with E-state index in [1.165, 1.54) is 12.8 Å². The van der Waals surface area contributed by atoms with Gasteiger partial charge in [0.15, 0.2) is 0 Å². The van der Waals surface area contributed by atoms with Crippen molar-refractivity contribution in [2.75, 3.05) is 0 Å². The lowest BCUT2D eigenvalue weighted by molar-refractivity contribution is -0.0132. The Balaban J connectivity index is 2.19. The molecule has 64 valence electrons. The summed E-state index contributed by atoms with van der Waals surface area (Å²) in [6, 6.07) is 0. The molecule has 11 heavy (non-hydrogen) atoms. The molecule has 2 rings (SSSR count). The summed E-state index contributed by atoms with van der Waals surface area (Å²) in [5.74, 6) is 4.04. The van der Waals surface area contributed by atoms with Gasteiger partial charge < -0.3 is 0 Å². The first kappa shape index (κ1) is 7.64. The monoisotopic (exact) mass is 152 g/mol. The summed E-state index contributed by atoms with van der Waals surface area (Å²) in [5.41, 5.74) is 0.735. The summed E-state index contributed by atoms with van der Waals surface area (Å²) < 4.78 is 0. The van der Waals surface area contributed by atoms with Crippen LogP contribution in [0.4, 0.5) is 0 Å². The van der Waals surface area contributed by atoms with Gasteiger partial charge in [-0.3, -0.25) is 0 Å². The third-order valence-electron chi connectivity index (χ3n) is 4.87. The van der Waals surface area contributed by atoms with Crippen LogP contribution in [-0.2, 0) is 0 Å². The topological polar surface area (TPSA) is 0 Å². The summed E-state index contributed by atoms with van der Waals surface area (Å²) in [6.07, 6.45) is 2.99. The van der Waals surface area contributed by atoms with Crippen LogP contribution in [0.25, 0.3) is 0 Å². The van der Waals surface area contributed by atoms with Crippen molar-refractivity contribution in [3.8, 4) is 0 Å². The Kier molecular flexibility index (Phi) is 1.41. The molecule has 0 spiro atoms. The van der Waals surface area contributed by atoms with E-state index in [9.17, 15) is 0 Å². The molecule has 2 fully saturated rings. The fourth-order valence-corrected chi connectivity index (χ4v) is 3.57. The van der Waals surface area contributed by atoms with Gasteiger partial charge in [-0.25, -0.2) is 0 Å². The lowest BCUT2D eigenvalue weighted by Crippen LogP contribution is -2.43. The summed E-state index contributed by atoms with van der Waals surface area (Å²) in [7, 11) is 0. The van der Waals surface area contributed by atoms with Gasteiger partial charge in [0.2, 0.25) is 0 Å². The van der Waals surface area contributed by atoms with Crippen molar-refractivity contribution < 1.29 is 0 Å². The smallest absolute Gasteiger partial charge is 0.0266 e. The van der Waals surface area contributed by atoms with Crippen LogP contribution in [0.2, 0.25) is 0 Å². The van der Waals surface area contributed by atoms with Crippen molar-refractivity contribution >= 4 is 0 Å². The summed E-state index contributed by atoms with van der Waals surface area (Å²) in [4.78, 5) is 0. The highest BCUT2D eigenvalue weighted by atomic mass is 14.6. The summed E-state index contributed by atoms with van der Waals surface area (Å²) in [6.45, 7) is 9.82. The molecule has 0 bridgehead atoms. The fourth-order valence-electron chi connectivity index (χ4n) is 3.57. The molecule has 0 radical (unpaired) electrons. The molecular formula is C11H20. The summed E-state index contributed by atoms with van der Waals surface area (Å²) in [5, 5.41) is 0. The minimum atomic E-state index is 0.735. The first-order valence-electron chi connectivity index (χ1n) is 5.05. The van der Waals surface area contributed by atoms with E-state index in [0.29, 0.717) is 0 Å². The fraction of sp³-hybridized carbons (Fsp3) is 1.00. The van der Waals surface area contributed by atoms with Gasteiger partial charge in [-0.15, -0.1) is 0 Å². The molecule has 2 aliphatic carbocycles. The van der Waals surface area contributed by atoms with Crippen LogP contribution in [0.15, 0.2) is 0 Å². The predicted molar refractivity (Wildman–Crippen MR) is 48.3 cm³/mol. The van der Waals surface area contributed by atoms with Crippen molar-refractivity contribution in [3.63, 3.8) is 0 Å². The van der Waals surface area contributed by atoms with Gasteiger partial charge in [0, 0.05) is 0 Å². The van der Waals surface area contributed by atoms with Gasteiger partial charge in [-0.2, -0.15) is 0 Å². The third kappa shape index (κ3) is 0.761. The van der Waals surface area contributed by atoms with E-state index in [0.717, 1.165) is 29.1 Å². The lowest BCUT2D eigenvalue weighted by Gasteiger charge is -2.50. The molecule has 0 aromatic carbocycles. The molecule has 0 N–H and O–H groups in total. The Hall–Kier alpha value is 0. The number of fused-ring (bicyclic) bond motifs is 1. The van der Waals surface area contributed by atoms with E-state index in [1.807, 2.05) is 0 Å². The molecular weight excluding hydrogens is 132 g/mol. The van der Waals surface area contributed by atoms with Gasteiger partial charge in [0.25, 0.3) is 0 Å². The maximum absolute atomic E-state index is 2.51. The second-order valence-electron chi connectivity index (χ2n) is 5.29. The number of hydrogen-bond acceptors (Lipinski definition) is 0. The van der Waals surface area contributed by atoms with Gasteiger partial charge >= 0.3 is 0 Å². The standard InChI is InChI=1S/C11H20/c1-7-6-11(4)8(2)5-10(11)9(7)3/h7-10H,5-6H2,1-4H3. The molecule has 0 saturated heterocycles. The van der Waals surface area contributed by atoms with E-state index in [1.54, 1.807) is 0 Å². The second-order valence-corrected chi connectivity index (χ2v) is 5.29. The largest absolute Gasteiger partial charge is 0.0622 e. The van der Waals surface area contributed by atoms with Crippen LogP contribution < -0.4 is 0 Å². The van der Waals surface area contributed by atoms with Crippen LogP contribution in [0.5, 0.6) is 0 Å². The highest BCUT2D eigenvalue weighted by molar-refractivity contribution is 5.05. The zero-order valence-corrected chi connectivity index (χ0v) is 8.22. The zero-order valence-electron chi connectivity index (χ0n) is 8.22. The molecule has 0 aromatic heterocycles. The highest BCUT2D eigenvalue weighted by Crippen LogP contribution is 2.64. The van der Waals surface area contributed by atoms with Crippen molar-refractivity contribution in [1.29, 1.82) is 0 Å². The SMILES string of the molecule is CC1CC2(C)C(C)CC2C1C. The number of hydrogen-bond donors (Lipinski definition) is 0. The second kappa shape index (κ2) is 2.02. The van der Waals surface area contributed by atoms with E-state index in [2.05, 4.69) is 27.7 Å². The maximum atomic E-state index is 2.51. The minimum absolute atomic E-state index is 0.735. The normalized spacial score (nSPS) is 62.2. The lowest BCUT2D eigenvalue weighted by atomic mass is 9.55. The molecule has 0 heterocycles. The third-order valence-corrected chi connectivity index (χ3v) is 4.87. The van der Waals surface area contributed by atoms with E-state index in [-0.39, 0.29) is 0 Å². The first-order valence-corrected chi connectivity index (χ1v) is 5.05. The quantitative estimate of drug-likeness (QED) is 0.499. The Bertz CT molecular complexity index is 173. The zero-order chi connectivity index (χ0) is 8.22. The van der Waals surface area contributed by atoms with Gasteiger partial charge in [-0.1, -0.05) is 27.7 Å². The van der Waals surface area contributed by atoms with Gasteiger partial charge in [0.05, 0.1) is 0 Å². The molecule has 0 amide bonds. The molecule has 0 nitrogen and oxygen atoms in total. The minimum Gasteiger partial charge on any atom is -0.0622 e. The van der Waals surface area contributed by atoms with Crippen molar-refractivity contribution in [2.45, 2.75) is 40.5 Å². The highest BCUT2D eigenvalue weighted by Gasteiger charge is 2.56. The predicted octanol–water partition coefficient (Wildman–Crippen LogP) is 3.32. The molecule has 0 aromatic rings. The number of rotatable bonds is 0. The Morgan fingerprint density at radius 3 is 2.18 bits per heavy atom. The first-order chi connectivity index (χ1) is 5.05. The molecule has 2 aliphatic rings. The van der Waals surface area contributed by atoms with Gasteiger partial charge in [-0.05, 0) is 41.9 Å². The van der Waals surface area contributed by atoms with Crippen LogP contribution in [-0.4, -0.2) is 0 Å². The van der Waals surface area contributed by atoms with Crippen LogP contribution in [0.3, 0.4) is 0 Å². The molecule has 2 saturated carbocycles. The average molecular weight is 152 g/mol. The van der Waals surface area contributed by atoms with E-state index < -0.39 is 0 Å². The van der Waals surface area contributed by atoms with Crippen molar-refractivity contribution in [2.24, 2.45) is 29.1 Å². The average Bonchev–Trinajstić information content (AvgIpc) is 2.12. The molecule has 0 aliphatic heterocycles. The van der Waals surface area contributed by atoms with Crippen LogP contribution in [0.1, 0.15) is 40.5 Å². The molecule has 5 atom stereocenters. The van der Waals surface area contributed by atoms with Crippen LogP contribution in [0, 0.1) is 29.1 Å². The Labute approximate surface area is 70.4 Å². The summed E-state index contributed by atoms with van der Waals surface area (Å²) >= 11 is 0. The molecule has 5 unspecified atom stereocenters. The van der Waals surface area contributed by atoms with Gasteiger partial charge in [0.1, 0.15) is 0 Å². The van der Waals surface area contributed by atoms with Crippen molar-refractivity contribution in [3.05, 3.63) is 0 Å². The van der Waals surface area contributed by atoms with Crippen LogP contribution >= 0.6 is 0 Å². The van der Waals surface area contributed by atoms with E-state index in [4.69, 9.17) is 0 Å². The maximum Gasteiger partial charge on any atom is -0.0266 e. The molecule has 0 heteroatoms. The van der Waals surface area contributed by atoms with Crippen molar-refractivity contribution in [1.82, 2.24) is 0 Å². The Morgan fingerprint density at radius 1 is 1.18 bits per heavy atom. The Morgan fingerprint density at radius 2 is 1.82 bits per heavy atom. The van der Waals surface area contributed by atoms with E-state index >= 15 is 0 Å².